The lowest BCUT2D eigenvalue weighted by Gasteiger charge is -2.22. The third-order valence-electron chi connectivity index (χ3n) is 4.31. The van der Waals surface area contributed by atoms with Gasteiger partial charge in [0.25, 0.3) is 5.91 Å². The summed E-state index contributed by atoms with van der Waals surface area (Å²) in [6.07, 6.45) is 5.84. The highest BCUT2D eigenvalue weighted by molar-refractivity contribution is 5.95. The molecule has 0 spiro atoms. The van der Waals surface area contributed by atoms with Gasteiger partial charge in [-0.2, -0.15) is 5.26 Å². The van der Waals surface area contributed by atoms with E-state index < -0.39 is 0 Å². The minimum absolute atomic E-state index is 0.0273. The van der Waals surface area contributed by atoms with Crippen LogP contribution in [0, 0.1) is 11.3 Å². The number of rotatable bonds is 4. The topological polar surface area (TPSA) is 61.4 Å². The Hall–Kier alpha value is -3.13. The minimum Gasteiger partial charge on any atom is -0.330 e. The van der Waals surface area contributed by atoms with Crippen LogP contribution in [0.15, 0.2) is 54.9 Å². The van der Waals surface area contributed by atoms with E-state index in [0.29, 0.717) is 17.7 Å². The van der Waals surface area contributed by atoms with Crippen LogP contribution in [0.3, 0.4) is 0 Å². The SMILES string of the molecule is N#Cc1cccc(C(=O)N(Cc2cnc3ccccn23)C2CC2)c1. The molecule has 1 aromatic carbocycles. The summed E-state index contributed by atoms with van der Waals surface area (Å²) in [5, 5.41) is 9.04. The molecule has 0 radical (unpaired) electrons. The first kappa shape index (κ1) is 14.5. The highest BCUT2D eigenvalue weighted by atomic mass is 16.2. The molecule has 1 fully saturated rings. The van der Waals surface area contributed by atoms with Crippen LogP contribution in [-0.4, -0.2) is 26.2 Å². The molecule has 5 nitrogen and oxygen atoms in total. The van der Waals surface area contributed by atoms with E-state index in [1.54, 1.807) is 24.3 Å². The third-order valence-corrected chi connectivity index (χ3v) is 4.31. The summed E-state index contributed by atoms with van der Waals surface area (Å²) in [6.45, 7) is 0.519. The highest BCUT2D eigenvalue weighted by Crippen LogP contribution is 2.30. The number of amides is 1. The first-order valence-corrected chi connectivity index (χ1v) is 7.98. The van der Waals surface area contributed by atoms with E-state index in [9.17, 15) is 4.79 Å². The van der Waals surface area contributed by atoms with E-state index in [4.69, 9.17) is 5.26 Å². The lowest BCUT2D eigenvalue weighted by molar-refractivity contribution is 0.0727. The van der Waals surface area contributed by atoms with Crippen molar-refractivity contribution in [2.45, 2.75) is 25.4 Å². The molecule has 0 bridgehead atoms. The number of carbonyl (C=O) groups excluding carboxylic acids is 1. The summed E-state index contributed by atoms with van der Waals surface area (Å²) in [5.74, 6) is -0.0273. The Kier molecular flexibility index (Phi) is 3.51. The van der Waals surface area contributed by atoms with Crippen LogP contribution >= 0.6 is 0 Å². The molecule has 2 aromatic heterocycles. The number of nitrogens with zero attached hydrogens (tertiary/aromatic N) is 4. The van der Waals surface area contributed by atoms with Gasteiger partial charge in [0.1, 0.15) is 5.65 Å². The zero-order valence-electron chi connectivity index (χ0n) is 13.1. The Morgan fingerprint density at radius 1 is 1.29 bits per heavy atom. The second-order valence-corrected chi connectivity index (χ2v) is 6.04. The van der Waals surface area contributed by atoms with Crippen LogP contribution < -0.4 is 0 Å². The minimum atomic E-state index is -0.0273. The maximum absolute atomic E-state index is 12.9. The van der Waals surface area contributed by atoms with Crippen molar-refractivity contribution in [3.63, 3.8) is 0 Å². The van der Waals surface area contributed by atoms with Gasteiger partial charge in [0.2, 0.25) is 0 Å². The van der Waals surface area contributed by atoms with Gasteiger partial charge in [-0.1, -0.05) is 12.1 Å². The van der Waals surface area contributed by atoms with E-state index in [0.717, 1.165) is 24.2 Å². The third kappa shape index (κ3) is 2.63. The van der Waals surface area contributed by atoms with Crippen molar-refractivity contribution >= 4 is 11.6 Å². The fourth-order valence-electron chi connectivity index (χ4n) is 2.92. The summed E-state index contributed by atoms with van der Waals surface area (Å²) >= 11 is 0. The summed E-state index contributed by atoms with van der Waals surface area (Å²) in [7, 11) is 0. The second-order valence-electron chi connectivity index (χ2n) is 6.04. The molecule has 2 heterocycles. The Morgan fingerprint density at radius 3 is 2.96 bits per heavy atom. The lowest BCUT2D eigenvalue weighted by Crippen LogP contribution is -2.33. The van der Waals surface area contributed by atoms with Gasteiger partial charge in [0.05, 0.1) is 30.1 Å². The summed E-state index contributed by atoms with van der Waals surface area (Å²) < 4.78 is 2.01. The number of imidazole rings is 1. The maximum Gasteiger partial charge on any atom is 0.254 e. The number of carbonyl (C=O) groups is 1. The normalized spacial score (nSPS) is 13.6. The predicted molar refractivity (Wildman–Crippen MR) is 89.2 cm³/mol. The molecule has 24 heavy (non-hydrogen) atoms. The number of benzene rings is 1. The molecule has 1 saturated carbocycles. The molecule has 0 saturated heterocycles. The fraction of sp³-hybridized carbons (Fsp3) is 0.211. The lowest BCUT2D eigenvalue weighted by atomic mass is 10.1. The molecule has 4 rings (SSSR count). The van der Waals surface area contributed by atoms with Gasteiger partial charge in [-0.15, -0.1) is 0 Å². The van der Waals surface area contributed by atoms with Gasteiger partial charge >= 0.3 is 0 Å². The molecule has 5 heteroatoms. The predicted octanol–water partition coefficient (Wildman–Crippen LogP) is 3.01. The van der Waals surface area contributed by atoms with Crippen molar-refractivity contribution in [3.05, 3.63) is 71.7 Å². The Labute approximate surface area is 139 Å². The van der Waals surface area contributed by atoms with Crippen molar-refractivity contribution in [1.82, 2.24) is 14.3 Å². The van der Waals surface area contributed by atoms with Crippen LogP contribution in [0.4, 0.5) is 0 Å². The molecule has 0 N–H and O–H groups in total. The number of nitriles is 1. The van der Waals surface area contributed by atoms with E-state index in [-0.39, 0.29) is 11.9 Å². The van der Waals surface area contributed by atoms with Crippen LogP contribution in [-0.2, 0) is 6.54 Å². The molecule has 0 unspecified atom stereocenters. The first-order valence-electron chi connectivity index (χ1n) is 7.98. The van der Waals surface area contributed by atoms with Crippen molar-refractivity contribution in [3.8, 4) is 6.07 Å². The molecule has 118 valence electrons. The Morgan fingerprint density at radius 2 is 2.17 bits per heavy atom. The van der Waals surface area contributed by atoms with Crippen LogP contribution in [0.2, 0.25) is 0 Å². The van der Waals surface area contributed by atoms with Gasteiger partial charge in [-0.25, -0.2) is 4.98 Å². The number of pyridine rings is 1. The summed E-state index contributed by atoms with van der Waals surface area (Å²) in [6, 6.07) is 15.1. The van der Waals surface area contributed by atoms with E-state index in [2.05, 4.69) is 11.1 Å². The summed E-state index contributed by atoms with van der Waals surface area (Å²) in [4.78, 5) is 19.2. The quantitative estimate of drug-likeness (QED) is 0.743. The Bertz CT molecular complexity index is 949. The number of hydrogen-bond donors (Lipinski definition) is 0. The molecule has 0 aliphatic heterocycles. The molecule has 1 amide bonds. The average molecular weight is 316 g/mol. The molecule has 1 aliphatic rings. The fourth-order valence-corrected chi connectivity index (χ4v) is 2.92. The summed E-state index contributed by atoms with van der Waals surface area (Å²) in [5.41, 5.74) is 2.94. The standard InChI is InChI=1S/C19H16N4O/c20-11-14-4-3-5-15(10-14)19(24)23(16-7-8-16)13-17-12-21-18-6-1-2-9-22(17)18/h1-6,9-10,12,16H,7-8,13H2. The van der Waals surface area contributed by atoms with Gasteiger partial charge in [-0.3, -0.25) is 4.79 Å². The Balaban J connectivity index is 1.65. The number of fused-ring (bicyclic) bond motifs is 1. The average Bonchev–Trinajstić information content (AvgIpc) is 3.40. The van der Waals surface area contributed by atoms with Gasteiger partial charge in [0.15, 0.2) is 0 Å². The van der Waals surface area contributed by atoms with Crippen LogP contribution in [0.1, 0.15) is 34.5 Å². The highest BCUT2D eigenvalue weighted by Gasteiger charge is 2.33. The van der Waals surface area contributed by atoms with Crippen molar-refractivity contribution in [2.75, 3.05) is 0 Å². The van der Waals surface area contributed by atoms with Crippen molar-refractivity contribution < 1.29 is 4.79 Å². The van der Waals surface area contributed by atoms with Gasteiger partial charge in [0, 0.05) is 17.8 Å². The number of aromatic nitrogens is 2. The monoisotopic (exact) mass is 316 g/mol. The zero-order chi connectivity index (χ0) is 16.5. The second kappa shape index (κ2) is 5.82. The molecule has 3 aromatic rings. The van der Waals surface area contributed by atoms with E-state index in [1.165, 1.54) is 0 Å². The van der Waals surface area contributed by atoms with Crippen LogP contribution in [0.5, 0.6) is 0 Å². The van der Waals surface area contributed by atoms with Crippen molar-refractivity contribution in [1.29, 1.82) is 5.26 Å². The molecule has 0 atom stereocenters. The smallest absolute Gasteiger partial charge is 0.254 e. The molecular weight excluding hydrogens is 300 g/mol. The molecular formula is C19H16N4O. The van der Waals surface area contributed by atoms with Crippen LogP contribution in [0.25, 0.3) is 5.65 Å². The van der Waals surface area contributed by atoms with E-state index in [1.807, 2.05) is 39.9 Å². The first-order chi connectivity index (χ1) is 11.8. The number of hydrogen-bond acceptors (Lipinski definition) is 3. The largest absolute Gasteiger partial charge is 0.330 e. The van der Waals surface area contributed by atoms with E-state index >= 15 is 0 Å². The van der Waals surface area contributed by atoms with Crippen molar-refractivity contribution in [2.24, 2.45) is 0 Å². The molecule has 1 aliphatic carbocycles. The van der Waals surface area contributed by atoms with Gasteiger partial charge < -0.3 is 9.30 Å². The zero-order valence-corrected chi connectivity index (χ0v) is 13.1. The van der Waals surface area contributed by atoms with Gasteiger partial charge in [-0.05, 0) is 43.2 Å². The maximum atomic E-state index is 12.9.